The Morgan fingerprint density at radius 3 is 2.44 bits per heavy atom. The second-order valence-electron chi connectivity index (χ2n) is 15.7. The SMILES string of the molecule is O=C1CCC(N2C(=O)c3ccc(N4CC(CN5CCC(CN6CCN7c8cc(-c9ccccc9O)nnc8NC[C@H]7C6)CC5)C(F)(F)C4)cc3C2=O)C(=O)N1. The lowest BCUT2D eigenvalue weighted by Crippen LogP contribution is -2.58. The molecule has 7 heterocycles. The molecular formula is C39H43F2N9O5. The molecule has 0 saturated carbocycles. The van der Waals surface area contributed by atoms with Gasteiger partial charge in [-0.15, -0.1) is 10.2 Å². The van der Waals surface area contributed by atoms with Gasteiger partial charge in [0.15, 0.2) is 5.82 Å². The number of fused-ring (bicyclic) bond motifs is 4. The molecule has 2 unspecified atom stereocenters. The maximum absolute atomic E-state index is 15.5. The number of hydrogen-bond donors (Lipinski definition) is 3. The summed E-state index contributed by atoms with van der Waals surface area (Å²) < 4.78 is 31.1. The highest BCUT2D eigenvalue weighted by Gasteiger charge is 2.50. The number of carbonyl (C=O) groups excluding carboxylic acids is 4. The number of phenolic OH excluding ortho intramolecular Hbond substituents is 1. The molecule has 1 aromatic heterocycles. The third-order valence-electron chi connectivity index (χ3n) is 12.3. The van der Waals surface area contributed by atoms with Gasteiger partial charge in [0.25, 0.3) is 17.7 Å². The van der Waals surface area contributed by atoms with E-state index in [1.54, 1.807) is 23.1 Å². The maximum atomic E-state index is 15.5. The fourth-order valence-corrected chi connectivity index (χ4v) is 9.26. The Kier molecular flexibility index (Phi) is 8.91. The third kappa shape index (κ3) is 6.54. The van der Waals surface area contributed by atoms with Gasteiger partial charge in [0.1, 0.15) is 11.8 Å². The Morgan fingerprint density at radius 1 is 0.836 bits per heavy atom. The van der Waals surface area contributed by atoms with Crippen molar-refractivity contribution >= 4 is 40.8 Å². The van der Waals surface area contributed by atoms with Crippen molar-refractivity contribution in [2.45, 2.75) is 43.7 Å². The number of piperidine rings is 2. The summed E-state index contributed by atoms with van der Waals surface area (Å²) in [4.78, 5) is 60.0. The van der Waals surface area contributed by atoms with E-state index in [1.807, 2.05) is 18.2 Å². The summed E-state index contributed by atoms with van der Waals surface area (Å²) in [5.41, 5.74) is 2.92. The fraction of sp³-hybridized carbons (Fsp3) is 0.487. The lowest BCUT2D eigenvalue weighted by Gasteiger charge is -2.47. The van der Waals surface area contributed by atoms with Crippen LogP contribution in [0, 0.1) is 11.8 Å². The number of phenols is 1. The second kappa shape index (κ2) is 13.8. The Hall–Kier alpha value is -5.22. The van der Waals surface area contributed by atoms with Gasteiger partial charge < -0.3 is 25.1 Å². The largest absolute Gasteiger partial charge is 0.507 e. The summed E-state index contributed by atoms with van der Waals surface area (Å²) in [7, 11) is 0. The standard InChI is InChI=1S/C39H43F2N9O5/c40-39(41)22-48(25-5-6-27-29(15-25)38(55)50(37(27)54)31-7-8-34(52)43-36(31)53)20-24(39)19-46-11-9-23(10-12-46)18-47-13-14-49-26(21-47)17-42-35-32(49)16-30(44-45-35)28-3-1-2-4-33(28)51/h1-6,15-16,23-24,26,31,51H,7-14,17-22H2,(H,42,45)(H,43,52,53)/t24?,26-,31?/m0/s1. The average Bonchev–Trinajstić information content (AvgIpc) is 3.61. The zero-order valence-corrected chi connectivity index (χ0v) is 30.3. The molecule has 0 aliphatic carbocycles. The summed E-state index contributed by atoms with van der Waals surface area (Å²) in [5.74, 6) is -4.84. The molecule has 55 heavy (non-hydrogen) atoms. The number of para-hydroxylation sites is 1. The molecule has 3 atom stereocenters. The van der Waals surface area contributed by atoms with Gasteiger partial charge in [0.05, 0.1) is 41.0 Å². The minimum Gasteiger partial charge on any atom is -0.507 e. The van der Waals surface area contributed by atoms with E-state index in [1.165, 1.54) is 12.1 Å². The van der Waals surface area contributed by atoms with E-state index >= 15 is 8.78 Å². The van der Waals surface area contributed by atoms with Crippen molar-refractivity contribution in [1.82, 2.24) is 30.2 Å². The minimum absolute atomic E-state index is 0.0180. The van der Waals surface area contributed by atoms with Crippen molar-refractivity contribution in [3.05, 3.63) is 59.7 Å². The first-order chi connectivity index (χ1) is 26.5. The zero-order chi connectivity index (χ0) is 38.0. The molecule has 0 spiro atoms. The number of piperazine rings is 1. The molecule has 3 aromatic rings. The first-order valence-electron chi connectivity index (χ1n) is 19.1. The first-order valence-corrected chi connectivity index (χ1v) is 19.1. The number of halogens is 2. The normalized spacial score (nSPS) is 25.8. The van der Waals surface area contributed by atoms with Gasteiger partial charge >= 0.3 is 0 Å². The van der Waals surface area contributed by atoms with Crippen LogP contribution in [-0.4, -0.2) is 137 Å². The molecule has 3 N–H and O–H groups in total. The molecule has 14 nitrogen and oxygen atoms in total. The number of hydrogen-bond acceptors (Lipinski definition) is 12. The number of carbonyl (C=O) groups is 4. The highest BCUT2D eigenvalue weighted by molar-refractivity contribution is 6.23. The number of nitrogens with zero attached hydrogens (tertiary/aromatic N) is 7. The van der Waals surface area contributed by atoms with E-state index in [2.05, 4.69) is 35.5 Å². The maximum Gasteiger partial charge on any atom is 0.270 e. The zero-order valence-electron chi connectivity index (χ0n) is 30.3. The molecule has 4 amide bonds. The summed E-state index contributed by atoms with van der Waals surface area (Å²) in [6.45, 7) is 5.83. The van der Waals surface area contributed by atoms with Gasteiger partial charge in [-0.3, -0.25) is 34.3 Å². The Labute approximate surface area is 316 Å². The molecule has 2 aromatic carbocycles. The highest BCUT2D eigenvalue weighted by Crippen LogP contribution is 2.40. The van der Waals surface area contributed by atoms with Crippen LogP contribution in [0.1, 0.15) is 46.4 Å². The predicted molar refractivity (Wildman–Crippen MR) is 198 cm³/mol. The van der Waals surface area contributed by atoms with Crippen LogP contribution < -0.4 is 20.4 Å². The molecule has 0 radical (unpaired) electrons. The number of likely N-dealkylation sites (tertiary alicyclic amines) is 1. The number of aromatic nitrogens is 2. The molecule has 4 fully saturated rings. The van der Waals surface area contributed by atoms with Gasteiger partial charge in [-0.05, 0) is 74.7 Å². The van der Waals surface area contributed by atoms with Crippen LogP contribution in [0.2, 0.25) is 0 Å². The van der Waals surface area contributed by atoms with Crippen LogP contribution in [0.15, 0.2) is 48.5 Å². The average molecular weight is 756 g/mol. The topological polar surface area (TPSA) is 155 Å². The monoisotopic (exact) mass is 755 g/mol. The molecule has 6 aliphatic rings. The summed E-state index contributed by atoms with van der Waals surface area (Å²) in [6, 6.07) is 12.9. The molecular weight excluding hydrogens is 712 g/mol. The van der Waals surface area contributed by atoms with Crippen molar-refractivity contribution in [3.63, 3.8) is 0 Å². The number of rotatable bonds is 7. The van der Waals surface area contributed by atoms with Crippen molar-refractivity contribution < 1.29 is 33.1 Å². The van der Waals surface area contributed by atoms with Crippen molar-refractivity contribution in [2.24, 2.45) is 11.8 Å². The molecule has 288 valence electrons. The third-order valence-corrected chi connectivity index (χ3v) is 12.3. The molecule has 6 aliphatic heterocycles. The van der Waals surface area contributed by atoms with Gasteiger partial charge in [0.2, 0.25) is 11.8 Å². The summed E-state index contributed by atoms with van der Waals surface area (Å²) >= 11 is 0. The van der Waals surface area contributed by atoms with Gasteiger partial charge in [-0.25, -0.2) is 8.78 Å². The molecule has 0 bridgehead atoms. The number of amides is 4. The molecule has 16 heteroatoms. The van der Waals surface area contributed by atoms with Crippen molar-refractivity contribution in [1.29, 1.82) is 0 Å². The van der Waals surface area contributed by atoms with E-state index in [4.69, 9.17) is 0 Å². The number of nitrogens with one attached hydrogen (secondary N) is 2. The summed E-state index contributed by atoms with van der Waals surface area (Å²) in [5, 5.41) is 24.8. The van der Waals surface area contributed by atoms with E-state index in [0.29, 0.717) is 22.9 Å². The van der Waals surface area contributed by atoms with Crippen LogP contribution >= 0.6 is 0 Å². The van der Waals surface area contributed by atoms with E-state index in [-0.39, 0.29) is 48.8 Å². The lowest BCUT2D eigenvalue weighted by atomic mass is 9.94. The number of aromatic hydroxyl groups is 1. The Morgan fingerprint density at radius 2 is 1.64 bits per heavy atom. The van der Waals surface area contributed by atoms with Gasteiger partial charge in [0, 0.05) is 63.5 Å². The number of benzene rings is 2. The fourth-order valence-electron chi connectivity index (χ4n) is 9.26. The van der Waals surface area contributed by atoms with E-state index < -0.39 is 48.1 Å². The van der Waals surface area contributed by atoms with Crippen molar-refractivity contribution in [3.8, 4) is 17.0 Å². The number of alkyl halides is 2. The van der Waals surface area contributed by atoms with Crippen LogP contribution in [0.25, 0.3) is 11.3 Å². The van der Waals surface area contributed by atoms with E-state index in [0.717, 1.165) is 75.1 Å². The molecule has 9 rings (SSSR count). The number of imide groups is 2. The van der Waals surface area contributed by atoms with Crippen LogP contribution in [0.3, 0.4) is 0 Å². The quantitative estimate of drug-likeness (QED) is 0.304. The second-order valence-corrected chi connectivity index (χ2v) is 15.7. The van der Waals surface area contributed by atoms with Crippen LogP contribution in [-0.2, 0) is 9.59 Å². The molecule has 4 saturated heterocycles. The minimum atomic E-state index is -2.94. The lowest BCUT2D eigenvalue weighted by molar-refractivity contribution is -0.136. The van der Waals surface area contributed by atoms with Gasteiger partial charge in [-0.2, -0.15) is 0 Å². The number of anilines is 3. The Bertz CT molecular complexity index is 2060. The van der Waals surface area contributed by atoms with Crippen LogP contribution in [0.5, 0.6) is 5.75 Å². The van der Waals surface area contributed by atoms with Gasteiger partial charge in [-0.1, -0.05) is 12.1 Å². The highest BCUT2D eigenvalue weighted by atomic mass is 19.3. The Balaban J connectivity index is 0.776. The predicted octanol–water partition coefficient (Wildman–Crippen LogP) is 2.65. The van der Waals surface area contributed by atoms with Crippen LogP contribution in [0.4, 0.5) is 26.0 Å². The summed E-state index contributed by atoms with van der Waals surface area (Å²) in [6.07, 6.45) is 1.95. The smallest absolute Gasteiger partial charge is 0.270 e. The van der Waals surface area contributed by atoms with Crippen molar-refractivity contribution in [2.75, 3.05) is 80.6 Å². The van der Waals surface area contributed by atoms with E-state index in [9.17, 15) is 24.3 Å². The first kappa shape index (κ1) is 35.5.